The van der Waals surface area contributed by atoms with Crippen LogP contribution in [0.5, 0.6) is 0 Å². The number of hydrogen-bond donors (Lipinski definition) is 0. The van der Waals surface area contributed by atoms with Gasteiger partial charge in [-0.1, -0.05) is 33.1 Å². The van der Waals surface area contributed by atoms with Gasteiger partial charge in [-0.2, -0.15) is 11.1 Å². The standard InChI is InChI=1S/C10H15.3CH2O.Re/c1-7-6-10(4,5)9(3)8(7)2;3*1-2;/h1-5H3;3*1H2;/q-1;;;;. The third kappa shape index (κ3) is 7.95. The number of rotatable bonds is 0. The Kier molecular flexibility index (Phi) is 19.5. The van der Waals surface area contributed by atoms with Gasteiger partial charge < -0.3 is 14.4 Å². The molecule has 0 aromatic carbocycles. The Morgan fingerprint density at radius 2 is 1.18 bits per heavy atom. The fourth-order valence-electron chi connectivity index (χ4n) is 1.41. The van der Waals surface area contributed by atoms with Gasteiger partial charge in [-0.05, 0) is 0 Å². The van der Waals surface area contributed by atoms with Gasteiger partial charge in [0.2, 0.25) is 0 Å². The van der Waals surface area contributed by atoms with Crippen LogP contribution in [0.15, 0.2) is 16.7 Å². The summed E-state index contributed by atoms with van der Waals surface area (Å²) in [5.41, 5.74) is 4.39. The molecule has 0 bridgehead atoms. The summed E-state index contributed by atoms with van der Waals surface area (Å²) in [7, 11) is 0. The molecule has 0 unspecified atom stereocenters. The van der Waals surface area contributed by atoms with Crippen molar-refractivity contribution in [1.82, 2.24) is 0 Å². The average molecular weight is 412 g/mol. The van der Waals surface area contributed by atoms with Crippen LogP contribution < -0.4 is 0 Å². The molecule has 3 nitrogen and oxygen atoms in total. The van der Waals surface area contributed by atoms with E-state index in [0.29, 0.717) is 0 Å². The first-order valence-corrected chi connectivity index (χ1v) is 4.62. The van der Waals surface area contributed by atoms with Gasteiger partial charge in [0, 0.05) is 20.4 Å². The van der Waals surface area contributed by atoms with Crippen LogP contribution in [0.3, 0.4) is 0 Å². The second kappa shape index (κ2) is 13.2. The first kappa shape index (κ1) is 25.1. The first-order valence-electron chi connectivity index (χ1n) is 4.62. The van der Waals surface area contributed by atoms with Gasteiger partial charge in [0.25, 0.3) is 0 Å². The molecule has 99 valence electrons. The molecule has 0 spiro atoms. The second-order valence-corrected chi connectivity index (χ2v) is 3.62. The van der Waals surface area contributed by atoms with E-state index in [1.54, 1.807) is 0 Å². The maximum absolute atomic E-state index is 8.00. The Labute approximate surface area is 118 Å². The van der Waals surface area contributed by atoms with Crippen LogP contribution in [-0.2, 0) is 34.8 Å². The molecule has 0 amide bonds. The Morgan fingerprint density at radius 1 is 0.882 bits per heavy atom. The van der Waals surface area contributed by atoms with E-state index in [1.807, 2.05) is 20.4 Å². The van der Waals surface area contributed by atoms with Gasteiger partial charge >= 0.3 is 0 Å². The van der Waals surface area contributed by atoms with Crippen LogP contribution in [0, 0.1) is 11.5 Å². The van der Waals surface area contributed by atoms with Crippen LogP contribution in [-0.4, -0.2) is 20.4 Å². The molecular formula is C13H21O3Re-. The predicted octanol–water partition coefficient (Wildman–Crippen LogP) is 2.55. The molecule has 0 aromatic heterocycles. The van der Waals surface area contributed by atoms with E-state index in [-0.39, 0.29) is 25.8 Å². The maximum atomic E-state index is 8.00. The molecule has 4 heteroatoms. The molecule has 0 saturated carbocycles. The second-order valence-electron chi connectivity index (χ2n) is 3.62. The van der Waals surface area contributed by atoms with Gasteiger partial charge in [-0.3, -0.25) is 6.08 Å². The van der Waals surface area contributed by atoms with E-state index >= 15 is 0 Å². The van der Waals surface area contributed by atoms with E-state index in [2.05, 4.69) is 40.7 Å². The molecule has 0 aromatic rings. The van der Waals surface area contributed by atoms with Crippen molar-refractivity contribution in [3.8, 4) is 0 Å². The fourth-order valence-corrected chi connectivity index (χ4v) is 1.41. The van der Waals surface area contributed by atoms with Crippen LogP contribution in [0.4, 0.5) is 0 Å². The minimum atomic E-state index is 0. The van der Waals surface area contributed by atoms with Crippen molar-refractivity contribution in [2.45, 2.75) is 34.6 Å². The summed E-state index contributed by atoms with van der Waals surface area (Å²) in [6, 6.07) is 0. The minimum absolute atomic E-state index is 0. The van der Waals surface area contributed by atoms with Gasteiger partial charge in [0.15, 0.2) is 0 Å². The summed E-state index contributed by atoms with van der Waals surface area (Å²) >= 11 is 0. The van der Waals surface area contributed by atoms with Crippen molar-refractivity contribution in [2.24, 2.45) is 5.41 Å². The van der Waals surface area contributed by atoms with Crippen molar-refractivity contribution in [3.63, 3.8) is 0 Å². The molecule has 0 heterocycles. The van der Waals surface area contributed by atoms with E-state index in [4.69, 9.17) is 14.4 Å². The maximum Gasteiger partial charge on any atom is 0.106 e. The van der Waals surface area contributed by atoms with Crippen LogP contribution in [0.1, 0.15) is 34.6 Å². The van der Waals surface area contributed by atoms with Crippen molar-refractivity contribution < 1.29 is 34.8 Å². The van der Waals surface area contributed by atoms with E-state index < -0.39 is 0 Å². The number of carbonyl (C=O) groups excluding carboxylic acids is 3. The Bertz CT molecular complexity index is 263. The van der Waals surface area contributed by atoms with Crippen molar-refractivity contribution >= 4 is 20.4 Å². The van der Waals surface area contributed by atoms with Gasteiger partial charge in [0.1, 0.15) is 20.4 Å². The SMILES string of the molecule is C=O.C=O.C=O.CC1=[C-]C(C)(C)C(C)=C1C.[Re]. The van der Waals surface area contributed by atoms with Crippen molar-refractivity contribution in [2.75, 3.05) is 0 Å². The third-order valence-electron chi connectivity index (χ3n) is 2.56. The largest absolute Gasteiger partial charge is 0.307 e. The summed E-state index contributed by atoms with van der Waals surface area (Å²) < 4.78 is 0. The minimum Gasteiger partial charge on any atom is -0.307 e. The predicted molar refractivity (Wildman–Crippen MR) is 65.9 cm³/mol. The Balaban J connectivity index is -0.000000106. The van der Waals surface area contributed by atoms with Gasteiger partial charge in [-0.25, -0.2) is 5.57 Å². The average Bonchev–Trinajstić information content (AvgIpc) is 2.50. The van der Waals surface area contributed by atoms with E-state index in [0.717, 1.165) is 0 Å². The number of allylic oxidation sites excluding steroid dienone is 4. The molecule has 1 aliphatic carbocycles. The fraction of sp³-hybridized carbons (Fsp3) is 0.462. The van der Waals surface area contributed by atoms with Crippen LogP contribution in [0.2, 0.25) is 0 Å². The summed E-state index contributed by atoms with van der Waals surface area (Å²) in [4.78, 5) is 24.0. The number of carbonyl (C=O) groups is 3. The van der Waals surface area contributed by atoms with Crippen LogP contribution >= 0.6 is 0 Å². The zero-order valence-electron chi connectivity index (χ0n) is 11.2. The zero-order chi connectivity index (χ0) is 13.9. The molecule has 17 heavy (non-hydrogen) atoms. The topological polar surface area (TPSA) is 51.2 Å². The molecule has 1 rings (SSSR count). The Hall–Kier alpha value is -0.848. The quantitative estimate of drug-likeness (QED) is 0.576. The summed E-state index contributed by atoms with van der Waals surface area (Å²) in [5, 5.41) is 0. The zero-order valence-corrected chi connectivity index (χ0v) is 13.9. The molecule has 0 fully saturated rings. The molecule has 0 aliphatic heterocycles. The molecule has 1 aliphatic rings. The third-order valence-corrected chi connectivity index (χ3v) is 2.56. The van der Waals surface area contributed by atoms with Crippen LogP contribution in [0.25, 0.3) is 0 Å². The van der Waals surface area contributed by atoms with Crippen molar-refractivity contribution in [3.05, 3.63) is 22.8 Å². The molecular weight excluding hydrogens is 390 g/mol. The van der Waals surface area contributed by atoms with Gasteiger partial charge in [-0.15, -0.1) is 6.92 Å². The Morgan fingerprint density at radius 3 is 1.24 bits per heavy atom. The number of hydrogen-bond acceptors (Lipinski definition) is 3. The normalized spacial score (nSPS) is 14.5. The smallest absolute Gasteiger partial charge is 0.106 e. The summed E-state index contributed by atoms with van der Waals surface area (Å²) in [6.07, 6.45) is 3.44. The summed E-state index contributed by atoms with van der Waals surface area (Å²) in [5.74, 6) is 0. The van der Waals surface area contributed by atoms with E-state index in [9.17, 15) is 0 Å². The van der Waals surface area contributed by atoms with Crippen molar-refractivity contribution in [1.29, 1.82) is 0 Å². The monoisotopic (exact) mass is 412 g/mol. The van der Waals surface area contributed by atoms with Gasteiger partial charge in [0.05, 0.1) is 0 Å². The summed E-state index contributed by atoms with van der Waals surface area (Å²) in [6.45, 7) is 16.9. The molecule has 0 saturated heterocycles. The first-order chi connectivity index (χ1) is 7.45. The molecule has 1 radical (unpaired) electrons. The molecule has 0 atom stereocenters. The van der Waals surface area contributed by atoms with E-state index in [1.165, 1.54) is 16.7 Å². The molecule has 0 N–H and O–H groups in total.